The number of carbonyl (C=O) groups excluding carboxylic acids is 2. The molecule has 0 aliphatic carbocycles. The monoisotopic (exact) mass is 290 g/mol. The van der Waals surface area contributed by atoms with Gasteiger partial charge in [0.1, 0.15) is 5.60 Å². The Labute approximate surface area is 116 Å². The largest absolute Gasteiger partial charge is 0.444 e. The van der Waals surface area contributed by atoms with Crippen LogP contribution in [0.5, 0.6) is 0 Å². The zero-order valence-electron chi connectivity index (χ0n) is 12.1. The molecule has 5 nitrogen and oxygen atoms in total. The Morgan fingerprint density at radius 1 is 1.45 bits per heavy atom. The molecule has 20 heavy (non-hydrogen) atoms. The number of nitrogens with one attached hydrogen (secondary N) is 1. The number of likely N-dealkylation sites (tertiary alicyclic amines) is 1. The van der Waals surface area contributed by atoms with Crippen molar-refractivity contribution < 1.29 is 23.1 Å². The van der Waals surface area contributed by atoms with E-state index in [-0.39, 0.29) is 19.5 Å². The predicted molar refractivity (Wildman–Crippen MR) is 67.4 cm³/mol. The molecule has 2 aliphatic rings. The van der Waals surface area contributed by atoms with Gasteiger partial charge >= 0.3 is 12.0 Å². The summed E-state index contributed by atoms with van der Waals surface area (Å²) in [6.07, 6.45) is -0.455. The van der Waals surface area contributed by atoms with Gasteiger partial charge in [0.25, 0.3) is 5.91 Å². The lowest BCUT2D eigenvalue weighted by molar-refractivity contribution is -0.224. The highest BCUT2D eigenvalue weighted by Crippen LogP contribution is 2.53. The van der Waals surface area contributed by atoms with Crippen LogP contribution in [-0.2, 0) is 9.53 Å². The molecule has 2 aliphatic heterocycles. The minimum Gasteiger partial charge on any atom is -0.444 e. The van der Waals surface area contributed by atoms with Crippen LogP contribution in [0.25, 0.3) is 0 Å². The van der Waals surface area contributed by atoms with Gasteiger partial charge < -0.3 is 15.0 Å². The number of halogens is 2. The summed E-state index contributed by atoms with van der Waals surface area (Å²) in [6.45, 7) is 6.75. The number of rotatable bonds is 0. The van der Waals surface area contributed by atoms with Crippen LogP contribution in [0, 0.1) is 5.41 Å². The number of ether oxygens (including phenoxy) is 1. The van der Waals surface area contributed by atoms with Gasteiger partial charge in [0.2, 0.25) is 0 Å². The Bertz CT molecular complexity index is 447. The summed E-state index contributed by atoms with van der Waals surface area (Å²) in [6, 6.07) is -0.724. The molecule has 2 saturated heterocycles. The number of nitrogens with zero attached hydrogens (tertiary/aromatic N) is 1. The van der Waals surface area contributed by atoms with Crippen LogP contribution >= 0.6 is 0 Å². The van der Waals surface area contributed by atoms with Crippen LogP contribution in [0.1, 0.15) is 34.1 Å². The molecular formula is C13H20F2N2O3. The minimum atomic E-state index is -3.46. The standard InChI is InChI=1S/C13H20F2N2O3/c1-8-12(5-6-16-9(18)13(12,14)15)7-17(8)10(19)20-11(2,3)4/h8H,5-7H2,1-4H3,(H,16,18)/t8-,12?/m1/s1. The lowest BCUT2D eigenvalue weighted by Gasteiger charge is -2.59. The summed E-state index contributed by atoms with van der Waals surface area (Å²) < 4.78 is 33.4. The second-order valence-electron chi connectivity index (χ2n) is 6.52. The normalized spacial score (nSPS) is 32.6. The van der Waals surface area contributed by atoms with E-state index in [0.29, 0.717) is 0 Å². The van der Waals surface area contributed by atoms with E-state index in [1.807, 2.05) is 0 Å². The minimum absolute atomic E-state index is 0.149. The third-order valence-electron chi connectivity index (χ3n) is 4.11. The number of hydrogen-bond acceptors (Lipinski definition) is 3. The van der Waals surface area contributed by atoms with Crippen molar-refractivity contribution in [3.8, 4) is 0 Å². The van der Waals surface area contributed by atoms with E-state index in [2.05, 4.69) is 5.32 Å². The van der Waals surface area contributed by atoms with Crippen molar-refractivity contribution in [3.63, 3.8) is 0 Å². The third-order valence-corrected chi connectivity index (χ3v) is 4.11. The van der Waals surface area contributed by atoms with E-state index in [0.717, 1.165) is 0 Å². The summed E-state index contributed by atoms with van der Waals surface area (Å²) in [4.78, 5) is 24.6. The summed E-state index contributed by atoms with van der Waals surface area (Å²) >= 11 is 0. The molecule has 1 N–H and O–H groups in total. The number of piperidine rings is 1. The van der Waals surface area contributed by atoms with E-state index in [9.17, 15) is 18.4 Å². The summed E-state index contributed by atoms with van der Waals surface area (Å²) in [5, 5.41) is 2.17. The zero-order valence-corrected chi connectivity index (χ0v) is 12.1. The molecule has 114 valence electrons. The molecule has 2 fully saturated rings. The zero-order chi connectivity index (χ0) is 15.3. The molecule has 2 amide bonds. The molecule has 2 rings (SSSR count). The summed E-state index contributed by atoms with van der Waals surface area (Å²) in [7, 11) is 0. The van der Waals surface area contributed by atoms with Gasteiger partial charge in [0, 0.05) is 19.1 Å². The summed E-state index contributed by atoms with van der Waals surface area (Å²) in [5.41, 5.74) is -2.14. The first kappa shape index (κ1) is 15.0. The van der Waals surface area contributed by atoms with Crippen molar-refractivity contribution >= 4 is 12.0 Å². The van der Waals surface area contributed by atoms with E-state index in [4.69, 9.17) is 4.74 Å². The van der Waals surface area contributed by atoms with Gasteiger partial charge in [0.05, 0.1) is 5.41 Å². The second-order valence-corrected chi connectivity index (χ2v) is 6.52. The average Bonchev–Trinajstić information content (AvgIpc) is 2.27. The number of amides is 2. The number of carbonyl (C=O) groups is 2. The van der Waals surface area contributed by atoms with Crippen LogP contribution < -0.4 is 5.32 Å². The van der Waals surface area contributed by atoms with Crippen LogP contribution in [0.3, 0.4) is 0 Å². The smallest absolute Gasteiger partial charge is 0.410 e. The molecule has 0 aromatic rings. The van der Waals surface area contributed by atoms with Crippen molar-refractivity contribution in [2.24, 2.45) is 5.41 Å². The van der Waals surface area contributed by atoms with Crippen LogP contribution in [0.4, 0.5) is 13.6 Å². The van der Waals surface area contributed by atoms with Gasteiger partial charge in [0.15, 0.2) is 0 Å². The fraction of sp³-hybridized carbons (Fsp3) is 0.846. The fourth-order valence-electron chi connectivity index (χ4n) is 2.84. The Morgan fingerprint density at radius 3 is 2.55 bits per heavy atom. The van der Waals surface area contributed by atoms with E-state index >= 15 is 0 Å². The van der Waals surface area contributed by atoms with Crippen molar-refractivity contribution in [2.75, 3.05) is 13.1 Å². The Kier molecular flexibility index (Phi) is 3.22. The lowest BCUT2D eigenvalue weighted by Crippen LogP contribution is -2.76. The molecule has 1 unspecified atom stereocenters. The Hall–Kier alpha value is -1.40. The first-order valence-electron chi connectivity index (χ1n) is 6.67. The molecule has 0 bridgehead atoms. The average molecular weight is 290 g/mol. The summed E-state index contributed by atoms with van der Waals surface area (Å²) in [5.74, 6) is -4.71. The first-order valence-corrected chi connectivity index (χ1v) is 6.67. The van der Waals surface area contributed by atoms with Crippen molar-refractivity contribution in [3.05, 3.63) is 0 Å². The highest BCUT2D eigenvalue weighted by Gasteiger charge is 2.70. The van der Waals surface area contributed by atoms with Gasteiger partial charge in [-0.15, -0.1) is 0 Å². The van der Waals surface area contributed by atoms with Crippen molar-refractivity contribution in [2.45, 2.75) is 51.7 Å². The SMILES string of the molecule is C[C@H]1N(C(=O)OC(C)(C)C)CC12CCNC(=O)C2(F)F. The molecule has 0 aromatic carbocycles. The van der Waals surface area contributed by atoms with Gasteiger partial charge in [-0.05, 0) is 34.1 Å². The molecular weight excluding hydrogens is 270 g/mol. The highest BCUT2D eigenvalue weighted by molar-refractivity contribution is 5.86. The molecule has 0 aromatic heterocycles. The maximum Gasteiger partial charge on any atom is 0.410 e. The van der Waals surface area contributed by atoms with Gasteiger partial charge in [-0.25, -0.2) is 4.79 Å². The van der Waals surface area contributed by atoms with Gasteiger partial charge in [-0.3, -0.25) is 4.79 Å². The van der Waals surface area contributed by atoms with Crippen molar-refractivity contribution in [1.82, 2.24) is 10.2 Å². The van der Waals surface area contributed by atoms with Crippen LogP contribution in [0.2, 0.25) is 0 Å². The number of hydrogen-bond donors (Lipinski definition) is 1. The highest BCUT2D eigenvalue weighted by atomic mass is 19.3. The molecule has 2 atom stereocenters. The maximum atomic E-state index is 14.1. The molecule has 1 spiro atoms. The topological polar surface area (TPSA) is 58.6 Å². The van der Waals surface area contributed by atoms with Crippen LogP contribution in [-0.4, -0.2) is 47.6 Å². The van der Waals surface area contributed by atoms with Crippen molar-refractivity contribution in [1.29, 1.82) is 0 Å². The molecule has 0 saturated carbocycles. The lowest BCUT2D eigenvalue weighted by atomic mass is 9.63. The Morgan fingerprint density at radius 2 is 2.05 bits per heavy atom. The third kappa shape index (κ3) is 2.03. The fourth-order valence-corrected chi connectivity index (χ4v) is 2.84. The maximum absolute atomic E-state index is 14.1. The van der Waals surface area contributed by atoms with E-state index < -0.39 is 35.0 Å². The molecule has 7 heteroatoms. The van der Waals surface area contributed by atoms with Gasteiger partial charge in [-0.1, -0.05) is 0 Å². The molecule has 0 radical (unpaired) electrons. The van der Waals surface area contributed by atoms with E-state index in [1.54, 1.807) is 27.7 Å². The molecule has 2 heterocycles. The second kappa shape index (κ2) is 4.30. The predicted octanol–water partition coefficient (Wildman–Crippen LogP) is 1.77. The van der Waals surface area contributed by atoms with Crippen LogP contribution in [0.15, 0.2) is 0 Å². The Balaban J connectivity index is 2.13. The van der Waals surface area contributed by atoms with E-state index in [1.165, 1.54) is 4.90 Å². The first-order chi connectivity index (χ1) is 9.01. The van der Waals surface area contributed by atoms with Gasteiger partial charge in [-0.2, -0.15) is 8.78 Å². The quantitative estimate of drug-likeness (QED) is 0.739. The number of alkyl halides is 2.